The molecule has 7 heteroatoms. The minimum absolute atomic E-state index is 0.0706. The number of rotatable bonds is 6. The average molecular weight is 322 g/mol. The molecule has 7 nitrogen and oxygen atoms in total. The van der Waals surface area contributed by atoms with Crippen molar-refractivity contribution in [1.29, 1.82) is 0 Å². The summed E-state index contributed by atoms with van der Waals surface area (Å²) in [6, 6.07) is 3.19. The van der Waals surface area contributed by atoms with Gasteiger partial charge in [0.25, 0.3) is 5.91 Å². The van der Waals surface area contributed by atoms with Crippen molar-refractivity contribution < 1.29 is 23.5 Å². The van der Waals surface area contributed by atoms with E-state index in [0.29, 0.717) is 19.7 Å². The van der Waals surface area contributed by atoms with Crippen LogP contribution in [0.3, 0.4) is 0 Å². The smallest absolute Gasteiger partial charge is 0.310 e. The summed E-state index contributed by atoms with van der Waals surface area (Å²) in [5.41, 5.74) is 0. The molecule has 0 saturated carbocycles. The van der Waals surface area contributed by atoms with Crippen molar-refractivity contribution in [1.82, 2.24) is 10.2 Å². The minimum atomic E-state index is -0.342. The Morgan fingerprint density at radius 2 is 2.26 bits per heavy atom. The Morgan fingerprint density at radius 3 is 2.96 bits per heavy atom. The highest BCUT2D eigenvalue weighted by Crippen LogP contribution is 2.18. The third-order valence-electron chi connectivity index (χ3n) is 3.76. The molecule has 1 atom stereocenters. The first kappa shape index (κ1) is 17.1. The summed E-state index contributed by atoms with van der Waals surface area (Å²) >= 11 is 0. The summed E-state index contributed by atoms with van der Waals surface area (Å²) < 4.78 is 9.99. The quantitative estimate of drug-likeness (QED) is 0.795. The molecule has 0 spiro atoms. The van der Waals surface area contributed by atoms with Gasteiger partial charge in [0.05, 0.1) is 18.8 Å². The standard InChI is InChI=1S/C16H22N2O5/c1-2-22-16(21)12-5-3-9-18(11-12)14(19)7-8-17-15(20)13-6-4-10-23-13/h4,6,10,12H,2-3,5,7-9,11H2,1H3,(H,17,20). The number of furan rings is 1. The number of likely N-dealkylation sites (tertiary alicyclic amines) is 1. The summed E-state index contributed by atoms with van der Waals surface area (Å²) in [5, 5.41) is 2.64. The molecule has 126 valence electrons. The molecular formula is C16H22N2O5. The highest BCUT2D eigenvalue weighted by atomic mass is 16.5. The molecule has 1 aliphatic heterocycles. The van der Waals surface area contributed by atoms with Crippen LogP contribution in [0.2, 0.25) is 0 Å². The van der Waals surface area contributed by atoms with E-state index in [-0.39, 0.29) is 42.4 Å². The summed E-state index contributed by atoms with van der Waals surface area (Å²) in [4.78, 5) is 37.3. The monoisotopic (exact) mass is 322 g/mol. The van der Waals surface area contributed by atoms with E-state index in [1.165, 1.54) is 6.26 Å². The largest absolute Gasteiger partial charge is 0.466 e. The molecule has 1 N–H and O–H groups in total. The van der Waals surface area contributed by atoms with Gasteiger partial charge in [0, 0.05) is 26.1 Å². The maximum Gasteiger partial charge on any atom is 0.310 e. The summed E-state index contributed by atoms with van der Waals surface area (Å²) in [6.07, 6.45) is 3.15. The topological polar surface area (TPSA) is 88.9 Å². The van der Waals surface area contributed by atoms with Crippen molar-refractivity contribution in [3.63, 3.8) is 0 Å². The average Bonchev–Trinajstić information content (AvgIpc) is 3.09. The van der Waals surface area contributed by atoms with Crippen LogP contribution in [0.4, 0.5) is 0 Å². The zero-order valence-electron chi connectivity index (χ0n) is 13.2. The van der Waals surface area contributed by atoms with Crippen molar-refractivity contribution in [2.45, 2.75) is 26.2 Å². The van der Waals surface area contributed by atoms with Crippen LogP contribution in [0.15, 0.2) is 22.8 Å². The van der Waals surface area contributed by atoms with Gasteiger partial charge in [-0.15, -0.1) is 0 Å². The molecule has 0 bridgehead atoms. The van der Waals surface area contributed by atoms with Crippen molar-refractivity contribution >= 4 is 17.8 Å². The Balaban J connectivity index is 1.74. The SMILES string of the molecule is CCOC(=O)C1CCCN(C(=O)CCNC(=O)c2ccco2)C1. The van der Waals surface area contributed by atoms with Crippen molar-refractivity contribution in [3.05, 3.63) is 24.2 Å². The molecule has 2 amide bonds. The number of hydrogen-bond donors (Lipinski definition) is 1. The second kappa shape index (κ2) is 8.36. The first-order valence-electron chi connectivity index (χ1n) is 7.88. The normalized spacial score (nSPS) is 17.6. The predicted octanol–water partition coefficient (Wildman–Crippen LogP) is 1.20. The molecule has 2 rings (SSSR count). The van der Waals surface area contributed by atoms with Crippen LogP contribution in [0.1, 0.15) is 36.7 Å². The fourth-order valence-corrected chi connectivity index (χ4v) is 2.59. The lowest BCUT2D eigenvalue weighted by Crippen LogP contribution is -2.43. The maximum absolute atomic E-state index is 12.2. The predicted molar refractivity (Wildman–Crippen MR) is 81.6 cm³/mol. The van der Waals surface area contributed by atoms with Gasteiger partial charge in [-0.2, -0.15) is 0 Å². The van der Waals surface area contributed by atoms with Crippen molar-refractivity contribution in [2.75, 3.05) is 26.2 Å². The molecule has 1 unspecified atom stereocenters. The van der Waals surface area contributed by atoms with Crippen LogP contribution >= 0.6 is 0 Å². The van der Waals surface area contributed by atoms with Gasteiger partial charge in [-0.05, 0) is 31.9 Å². The number of ether oxygens (including phenoxy) is 1. The second-order valence-corrected chi connectivity index (χ2v) is 5.41. The number of piperidine rings is 1. The molecule has 1 fully saturated rings. The van der Waals surface area contributed by atoms with E-state index in [1.807, 2.05) is 0 Å². The lowest BCUT2D eigenvalue weighted by atomic mass is 9.98. The number of carbonyl (C=O) groups is 3. The molecule has 1 aromatic heterocycles. The summed E-state index contributed by atoms with van der Waals surface area (Å²) in [6.45, 7) is 3.39. The molecule has 1 saturated heterocycles. The van der Waals surface area contributed by atoms with Crippen LogP contribution in [0, 0.1) is 5.92 Å². The van der Waals surface area contributed by atoms with Gasteiger partial charge in [-0.1, -0.05) is 0 Å². The van der Waals surface area contributed by atoms with E-state index in [9.17, 15) is 14.4 Å². The molecule has 23 heavy (non-hydrogen) atoms. The van der Waals surface area contributed by atoms with Crippen LogP contribution in [0.25, 0.3) is 0 Å². The van der Waals surface area contributed by atoms with Gasteiger partial charge in [0.15, 0.2) is 5.76 Å². The second-order valence-electron chi connectivity index (χ2n) is 5.41. The van der Waals surface area contributed by atoms with Gasteiger partial charge >= 0.3 is 5.97 Å². The number of nitrogens with one attached hydrogen (secondary N) is 1. The van der Waals surface area contributed by atoms with E-state index >= 15 is 0 Å². The van der Waals surface area contributed by atoms with E-state index in [4.69, 9.17) is 9.15 Å². The lowest BCUT2D eigenvalue weighted by molar-refractivity contribution is -0.151. The third kappa shape index (κ3) is 4.84. The molecule has 0 aliphatic carbocycles. The number of esters is 1. The minimum Gasteiger partial charge on any atom is -0.466 e. The number of carbonyl (C=O) groups excluding carboxylic acids is 3. The Bertz CT molecular complexity index is 541. The Labute approximate surface area is 135 Å². The first-order chi connectivity index (χ1) is 11.1. The van der Waals surface area contributed by atoms with Crippen LogP contribution in [-0.2, 0) is 14.3 Å². The molecule has 1 aromatic rings. The van der Waals surface area contributed by atoms with Crippen LogP contribution in [0.5, 0.6) is 0 Å². The Hall–Kier alpha value is -2.31. The van der Waals surface area contributed by atoms with Gasteiger partial charge in [-0.3, -0.25) is 14.4 Å². The number of amides is 2. The van der Waals surface area contributed by atoms with Crippen molar-refractivity contribution in [2.24, 2.45) is 5.92 Å². The zero-order chi connectivity index (χ0) is 16.7. The van der Waals surface area contributed by atoms with Crippen LogP contribution in [-0.4, -0.2) is 48.9 Å². The van der Waals surface area contributed by atoms with Gasteiger partial charge in [0.1, 0.15) is 0 Å². The summed E-state index contributed by atoms with van der Waals surface area (Å²) in [5.74, 6) is -0.677. The van der Waals surface area contributed by atoms with Crippen LogP contribution < -0.4 is 5.32 Å². The number of hydrogen-bond acceptors (Lipinski definition) is 5. The summed E-state index contributed by atoms with van der Waals surface area (Å²) in [7, 11) is 0. The van der Waals surface area contributed by atoms with Gasteiger partial charge in [0.2, 0.25) is 5.91 Å². The Kier molecular flexibility index (Phi) is 6.19. The Morgan fingerprint density at radius 1 is 1.43 bits per heavy atom. The fourth-order valence-electron chi connectivity index (χ4n) is 2.59. The molecule has 0 aromatic carbocycles. The van der Waals surface area contributed by atoms with E-state index in [1.54, 1.807) is 24.0 Å². The molecule has 0 radical (unpaired) electrons. The zero-order valence-corrected chi connectivity index (χ0v) is 13.2. The molecule has 1 aliphatic rings. The molecular weight excluding hydrogens is 300 g/mol. The first-order valence-corrected chi connectivity index (χ1v) is 7.88. The highest BCUT2D eigenvalue weighted by Gasteiger charge is 2.29. The van der Waals surface area contributed by atoms with E-state index in [2.05, 4.69) is 5.32 Å². The fraction of sp³-hybridized carbons (Fsp3) is 0.562. The van der Waals surface area contributed by atoms with E-state index in [0.717, 1.165) is 12.8 Å². The third-order valence-corrected chi connectivity index (χ3v) is 3.76. The molecule has 2 heterocycles. The van der Waals surface area contributed by atoms with Gasteiger partial charge in [-0.25, -0.2) is 0 Å². The number of nitrogens with zero attached hydrogens (tertiary/aromatic N) is 1. The van der Waals surface area contributed by atoms with E-state index < -0.39 is 0 Å². The van der Waals surface area contributed by atoms with Gasteiger partial charge < -0.3 is 19.4 Å². The lowest BCUT2D eigenvalue weighted by Gasteiger charge is -2.31. The highest BCUT2D eigenvalue weighted by molar-refractivity contribution is 5.91. The van der Waals surface area contributed by atoms with Crippen molar-refractivity contribution in [3.8, 4) is 0 Å². The maximum atomic E-state index is 12.2.